The molecule has 0 fully saturated rings. The first-order valence-electron chi connectivity index (χ1n) is 6.92. The number of benzene rings is 2. The molecule has 2 aromatic carbocycles. The van der Waals surface area contributed by atoms with Gasteiger partial charge in [-0.25, -0.2) is 0 Å². The smallest absolute Gasteiger partial charge is 0.133 e. The SMILES string of the molecule is CCOc1ccc(C(NC)c2ccc(Br)cc2C)cc1Br. The highest BCUT2D eigenvalue weighted by molar-refractivity contribution is 9.10. The molecule has 0 saturated heterocycles. The van der Waals surface area contributed by atoms with E-state index >= 15 is 0 Å². The summed E-state index contributed by atoms with van der Waals surface area (Å²) in [6.45, 7) is 4.79. The predicted octanol–water partition coefficient (Wildman–Crippen LogP) is 5.23. The van der Waals surface area contributed by atoms with E-state index in [0.29, 0.717) is 6.61 Å². The first-order chi connectivity index (χ1) is 10.1. The summed E-state index contributed by atoms with van der Waals surface area (Å²) in [6, 6.07) is 12.8. The van der Waals surface area contributed by atoms with Gasteiger partial charge in [-0.3, -0.25) is 0 Å². The molecule has 1 unspecified atom stereocenters. The average molecular weight is 413 g/mol. The van der Waals surface area contributed by atoms with E-state index in [2.05, 4.69) is 74.4 Å². The summed E-state index contributed by atoms with van der Waals surface area (Å²) in [5, 5.41) is 3.40. The maximum absolute atomic E-state index is 5.58. The zero-order valence-corrected chi connectivity index (χ0v) is 15.6. The van der Waals surface area contributed by atoms with Gasteiger partial charge >= 0.3 is 0 Å². The summed E-state index contributed by atoms with van der Waals surface area (Å²) in [6.07, 6.45) is 0. The zero-order chi connectivity index (χ0) is 15.4. The fourth-order valence-electron chi connectivity index (χ4n) is 2.43. The van der Waals surface area contributed by atoms with Crippen molar-refractivity contribution in [2.45, 2.75) is 19.9 Å². The van der Waals surface area contributed by atoms with Crippen molar-refractivity contribution in [3.05, 3.63) is 62.0 Å². The van der Waals surface area contributed by atoms with Gasteiger partial charge in [-0.2, -0.15) is 0 Å². The summed E-state index contributed by atoms with van der Waals surface area (Å²) < 4.78 is 7.66. The van der Waals surface area contributed by atoms with Gasteiger partial charge in [0, 0.05) is 4.47 Å². The predicted molar refractivity (Wildman–Crippen MR) is 95.1 cm³/mol. The van der Waals surface area contributed by atoms with Crippen LogP contribution in [0.1, 0.15) is 29.7 Å². The van der Waals surface area contributed by atoms with Crippen LogP contribution in [0.4, 0.5) is 0 Å². The van der Waals surface area contributed by atoms with Crippen molar-refractivity contribution >= 4 is 31.9 Å². The molecule has 0 bridgehead atoms. The van der Waals surface area contributed by atoms with Crippen molar-refractivity contribution in [1.29, 1.82) is 0 Å². The second kappa shape index (κ2) is 7.43. The van der Waals surface area contributed by atoms with E-state index in [4.69, 9.17) is 4.74 Å². The van der Waals surface area contributed by atoms with E-state index < -0.39 is 0 Å². The third-order valence-corrected chi connectivity index (χ3v) is 4.53. The minimum Gasteiger partial charge on any atom is -0.493 e. The fraction of sp³-hybridized carbons (Fsp3) is 0.294. The van der Waals surface area contributed by atoms with Crippen molar-refractivity contribution in [2.24, 2.45) is 0 Å². The van der Waals surface area contributed by atoms with Crippen LogP contribution in [0.5, 0.6) is 5.75 Å². The fourth-order valence-corrected chi connectivity index (χ4v) is 3.42. The second-order valence-electron chi connectivity index (χ2n) is 4.85. The Labute approximate surface area is 143 Å². The van der Waals surface area contributed by atoms with E-state index in [1.807, 2.05) is 20.0 Å². The molecule has 0 spiro atoms. The van der Waals surface area contributed by atoms with Crippen molar-refractivity contribution in [1.82, 2.24) is 5.32 Å². The maximum atomic E-state index is 5.58. The Balaban J connectivity index is 2.39. The van der Waals surface area contributed by atoms with Gasteiger partial charge in [-0.05, 0) is 77.8 Å². The third-order valence-electron chi connectivity index (χ3n) is 3.42. The van der Waals surface area contributed by atoms with Gasteiger partial charge < -0.3 is 10.1 Å². The maximum Gasteiger partial charge on any atom is 0.133 e. The number of hydrogen-bond donors (Lipinski definition) is 1. The molecular weight excluding hydrogens is 394 g/mol. The molecular formula is C17H19Br2NO. The Bertz CT molecular complexity index is 628. The molecule has 0 heterocycles. The van der Waals surface area contributed by atoms with Crippen molar-refractivity contribution in [2.75, 3.05) is 13.7 Å². The molecule has 1 atom stereocenters. The number of ether oxygens (including phenoxy) is 1. The Morgan fingerprint density at radius 3 is 2.48 bits per heavy atom. The van der Waals surface area contributed by atoms with Crippen LogP contribution in [-0.4, -0.2) is 13.7 Å². The molecule has 0 amide bonds. The van der Waals surface area contributed by atoms with E-state index in [1.165, 1.54) is 16.7 Å². The lowest BCUT2D eigenvalue weighted by Gasteiger charge is -2.20. The van der Waals surface area contributed by atoms with Crippen LogP contribution in [-0.2, 0) is 0 Å². The lowest BCUT2D eigenvalue weighted by Crippen LogP contribution is -2.18. The van der Waals surface area contributed by atoms with Crippen LogP contribution in [0.15, 0.2) is 45.3 Å². The summed E-state index contributed by atoms with van der Waals surface area (Å²) >= 11 is 7.11. The quantitative estimate of drug-likeness (QED) is 0.725. The highest BCUT2D eigenvalue weighted by Crippen LogP contribution is 2.32. The summed E-state index contributed by atoms with van der Waals surface area (Å²) in [5.41, 5.74) is 3.74. The van der Waals surface area contributed by atoms with Gasteiger partial charge in [0.2, 0.25) is 0 Å². The Morgan fingerprint density at radius 1 is 1.14 bits per heavy atom. The van der Waals surface area contributed by atoms with Gasteiger partial charge in [0.1, 0.15) is 5.75 Å². The standard InChI is InChI=1S/C17H19Br2NO/c1-4-21-16-8-5-12(10-15(16)19)17(20-3)14-7-6-13(18)9-11(14)2/h5-10,17,20H,4H2,1-3H3. The van der Waals surface area contributed by atoms with E-state index in [1.54, 1.807) is 0 Å². The van der Waals surface area contributed by atoms with Crippen LogP contribution >= 0.6 is 31.9 Å². The van der Waals surface area contributed by atoms with Crippen LogP contribution in [0.3, 0.4) is 0 Å². The van der Waals surface area contributed by atoms with Gasteiger partial charge in [-0.1, -0.05) is 28.1 Å². The highest BCUT2D eigenvalue weighted by atomic mass is 79.9. The highest BCUT2D eigenvalue weighted by Gasteiger charge is 2.16. The number of nitrogens with one attached hydrogen (secondary N) is 1. The third kappa shape index (κ3) is 3.87. The molecule has 112 valence electrons. The molecule has 2 aromatic rings. The normalized spacial score (nSPS) is 12.2. The Morgan fingerprint density at radius 2 is 1.90 bits per heavy atom. The molecule has 0 radical (unpaired) electrons. The van der Waals surface area contributed by atoms with Gasteiger partial charge in [0.05, 0.1) is 17.1 Å². The first kappa shape index (κ1) is 16.5. The Hall–Kier alpha value is -0.840. The first-order valence-corrected chi connectivity index (χ1v) is 8.51. The number of halogens is 2. The molecule has 0 aromatic heterocycles. The van der Waals surface area contributed by atoms with Gasteiger partial charge in [0.15, 0.2) is 0 Å². The topological polar surface area (TPSA) is 21.3 Å². The zero-order valence-electron chi connectivity index (χ0n) is 12.4. The van der Waals surface area contributed by atoms with Crippen molar-refractivity contribution < 1.29 is 4.74 Å². The van der Waals surface area contributed by atoms with Crippen LogP contribution in [0.25, 0.3) is 0 Å². The molecule has 0 saturated carbocycles. The molecule has 21 heavy (non-hydrogen) atoms. The second-order valence-corrected chi connectivity index (χ2v) is 6.62. The molecule has 2 rings (SSSR count). The molecule has 0 aliphatic carbocycles. The summed E-state index contributed by atoms with van der Waals surface area (Å²) in [7, 11) is 1.98. The van der Waals surface area contributed by atoms with E-state index in [0.717, 1.165) is 14.7 Å². The van der Waals surface area contributed by atoms with Crippen LogP contribution in [0, 0.1) is 6.92 Å². The van der Waals surface area contributed by atoms with Gasteiger partial charge in [-0.15, -0.1) is 0 Å². The van der Waals surface area contributed by atoms with Gasteiger partial charge in [0.25, 0.3) is 0 Å². The van der Waals surface area contributed by atoms with Crippen molar-refractivity contribution in [3.8, 4) is 5.75 Å². The molecule has 2 nitrogen and oxygen atoms in total. The monoisotopic (exact) mass is 411 g/mol. The lowest BCUT2D eigenvalue weighted by atomic mass is 9.95. The number of rotatable bonds is 5. The molecule has 1 N–H and O–H groups in total. The van der Waals surface area contributed by atoms with Crippen LogP contribution in [0.2, 0.25) is 0 Å². The summed E-state index contributed by atoms with van der Waals surface area (Å²) in [4.78, 5) is 0. The molecule has 0 aliphatic heterocycles. The largest absolute Gasteiger partial charge is 0.493 e. The minimum atomic E-state index is 0.157. The lowest BCUT2D eigenvalue weighted by molar-refractivity contribution is 0.338. The molecule has 4 heteroatoms. The van der Waals surface area contributed by atoms with E-state index in [-0.39, 0.29) is 6.04 Å². The molecule has 0 aliphatic rings. The van der Waals surface area contributed by atoms with Crippen LogP contribution < -0.4 is 10.1 Å². The Kier molecular flexibility index (Phi) is 5.85. The summed E-state index contributed by atoms with van der Waals surface area (Å²) in [5.74, 6) is 0.878. The number of hydrogen-bond acceptors (Lipinski definition) is 2. The van der Waals surface area contributed by atoms with E-state index in [9.17, 15) is 0 Å². The minimum absolute atomic E-state index is 0.157. The van der Waals surface area contributed by atoms with Crippen molar-refractivity contribution in [3.63, 3.8) is 0 Å². The average Bonchev–Trinajstić information content (AvgIpc) is 2.45. The number of aryl methyl sites for hydroxylation is 1.